The first-order chi connectivity index (χ1) is 8.04. The van der Waals surface area contributed by atoms with Gasteiger partial charge in [-0.1, -0.05) is 20.3 Å². The Balaban J connectivity index is 2.75. The lowest BCUT2D eigenvalue weighted by Gasteiger charge is -2.11. The molecule has 1 heterocycles. The number of hydrogen-bond acceptors (Lipinski definition) is 5. The molecular formula is C10H14ClN3O3. The molecule has 1 rings (SSSR count). The van der Waals surface area contributed by atoms with Gasteiger partial charge >= 0.3 is 5.69 Å². The summed E-state index contributed by atoms with van der Waals surface area (Å²) >= 11 is 5.57. The van der Waals surface area contributed by atoms with Crippen LogP contribution in [0.2, 0.25) is 5.28 Å². The number of nitro groups is 1. The Labute approximate surface area is 104 Å². The van der Waals surface area contributed by atoms with E-state index in [1.54, 1.807) is 0 Å². The summed E-state index contributed by atoms with van der Waals surface area (Å²) in [5.41, 5.74) is -0.266. The molecule has 0 bridgehead atoms. The molecule has 1 aromatic rings. The first-order valence-corrected chi connectivity index (χ1v) is 5.72. The van der Waals surface area contributed by atoms with E-state index in [2.05, 4.69) is 16.9 Å². The van der Waals surface area contributed by atoms with Crippen LogP contribution in [0.3, 0.4) is 0 Å². The Kier molecular flexibility index (Phi) is 5.09. The van der Waals surface area contributed by atoms with Gasteiger partial charge in [0.25, 0.3) is 5.88 Å². The first-order valence-electron chi connectivity index (χ1n) is 5.34. The standard InChI is InChI=1S/C10H14ClN3O3/c1-3-4-7(2)6-17-9-8(14(15)16)5-12-10(11)13-9/h5,7H,3-4,6H2,1-2H3. The highest BCUT2D eigenvalue weighted by Gasteiger charge is 2.19. The Morgan fingerprint density at radius 3 is 2.94 bits per heavy atom. The van der Waals surface area contributed by atoms with Crippen LogP contribution < -0.4 is 4.74 Å². The van der Waals surface area contributed by atoms with E-state index in [9.17, 15) is 10.1 Å². The molecular weight excluding hydrogens is 246 g/mol. The quantitative estimate of drug-likeness (QED) is 0.446. The van der Waals surface area contributed by atoms with E-state index in [0.29, 0.717) is 12.5 Å². The average Bonchev–Trinajstić information content (AvgIpc) is 2.26. The van der Waals surface area contributed by atoms with Gasteiger partial charge in [-0.3, -0.25) is 10.1 Å². The Morgan fingerprint density at radius 1 is 1.65 bits per heavy atom. The van der Waals surface area contributed by atoms with E-state index in [4.69, 9.17) is 16.3 Å². The molecule has 0 saturated heterocycles. The molecule has 0 fully saturated rings. The maximum absolute atomic E-state index is 10.7. The van der Waals surface area contributed by atoms with E-state index < -0.39 is 4.92 Å². The van der Waals surface area contributed by atoms with Gasteiger partial charge in [-0.05, 0) is 23.9 Å². The Hall–Kier alpha value is -1.43. The molecule has 0 aliphatic carbocycles. The molecule has 94 valence electrons. The first kappa shape index (κ1) is 13.6. The van der Waals surface area contributed by atoms with Crippen LogP contribution in [0.1, 0.15) is 26.7 Å². The predicted octanol–water partition coefficient (Wildman–Crippen LogP) is 2.85. The normalized spacial score (nSPS) is 12.2. The lowest BCUT2D eigenvalue weighted by molar-refractivity contribution is -0.386. The van der Waals surface area contributed by atoms with Crippen LogP contribution in [-0.4, -0.2) is 21.5 Å². The van der Waals surface area contributed by atoms with E-state index in [-0.39, 0.29) is 16.9 Å². The summed E-state index contributed by atoms with van der Waals surface area (Å²) in [6.45, 7) is 4.46. The molecule has 0 aliphatic heterocycles. The van der Waals surface area contributed by atoms with Crippen LogP contribution in [0.4, 0.5) is 5.69 Å². The molecule has 0 aromatic carbocycles. The van der Waals surface area contributed by atoms with Crippen molar-refractivity contribution in [1.82, 2.24) is 9.97 Å². The van der Waals surface area contributed by atoms with Crippen molar-refractivity contribution in [1.29, 1.82) is 0 Å². The summed E-state index contributed by atoms with van der Waals surface area (Å²) in [5, 5.41) is 10.6. The molecule has 17 heavy (non-hydrogen) atoms. The third-order valence-electron chi connectivity index (χ3n) is 2.19. The maximum atomic E-state index is 10.7. The van der Waals surface area contributed by atoms with E-state index in [1.165, 1.54) is 0 Å². The fraction of sp³-hybridized carbons (Fsp3) is 0.600. The van der Waals surface area contributed by atoms with Crippen molar-refractivity contribution in [3.05, 3.63) is 21.6 Å². The van der Waals surface area contributed by atoms with Crippen LogP contribution in [0.5, 0.6) is 5.88 Å². The molecule has 0 N–H and O–H groups in total. The Bertz CT molecular complexity index is 400. The zero-order chi connectivity index (χ0) is 12.8. The van der Waals surface area contributed by atoms with Crippen LogP contribution >= 0.6 is 11.6 Å². The van der Waals surface area contributed by atoms with Gasteiger partial charge in [0, 0.05) is 0 Å². The lowest BCUT2D eigenvalue weighted by atomic mass is 10.1. The number of nitrogens with zero attached hydrogens (tertiary/aromatic N) is 3. The van der Waals surface area contributed by atoms with Crippen molar-refractivity contribution in [2.75, 3.05) is 6.61 Å². The number of aromatic nitrogens is 2. The molecule has 1 aromatic heterocycles. The highest BCUT2D eigenvalue weighted by molar-refractivity contribution is 6.28. The van der Waals surface area contributed by atoms with Crippen molar-refractivity contribution in [3.63, 3.8) is 0 Å². The maximum Gasteiger partial charge on any atom is 0.349 e. The highest BCUT2D eigenvalue weighted by atomic mass is 35.5. The zero-order valence-electron chi connectivity index (χ0n) is 9.72. The summed E-state index contributed by atoms with van der Waals surface area (Å²) in [4.78, 5) is 17.4. The van der Waals surface area contributed by atoms with Gasteiger partial charge in [-0.2, -0.15) is 4.98 Å². The Morgan fingerprint density at radius 2 is 2.35 bits per heavy atom. The second-order valence-corrected chi connectivity index (χ2v) is 4.13. The lowest BCUT2D eigenvalue weighted by Crippen LogP contribution is -2.10. The van der Waals surface area contributed by atoms with Gasteiger partial charge in [-0.25, -0.2) is 4.98 Å². The van der Waals surface area contributed by atoms with Crippen molar-refractivity contribution in [3.8, 4) is 5.88 Å². The molecule has 7 heteroatoms. The van der Waals surface area contributed by atoms with Crippen molar-refractivity contribution in [2.24, 2.45) is 5.92 Å². The molecule has 6 nitrogen and oxygen atoms in total. The minimum atomic E-state index is -0.587. The molecule has 0 radical (unpaired) electrons. The van der Waals surface area contributed by atoms with E-state index >= 15 is 0 Å². The number of rotatable bonds is 6. The molecule has 0 aliphatic rings. The van der Waals surface area contributed by atoms with Crippen molar-refractivity contribution < 1.29 is 9.66 Å². The van der Waals surface area contributed by atoms with Crippen LogP contribution in [-0.2, 0) is 0 Å². The second-order valence-electron chi connectivity index (χ2n) is 3.79. The molecule has 0 amide bonds. The highest BCUT2D eigenvalue weighted by Crippen LogP contribution is 2.25. The summed E-state index contributed by atoms with van der Waals surface area (Å²) in [7, 11) is 0. The smallest absolute Gasteiger partial charge is 0.349 e. The van der Waals surface area contributed by atoms with Crippen molar-refractivity contribution in [2.45, 2.75) is 26.7 Å². The van der Waals surface area contributed by atoms with Crippen molar-refractivity contribution >= 4 is 17.3 Å². The zero-order valence-corrected chi connectivity index (χ0v) is 10.5. The molecule has 0 saturated carbocycles. The third kappa shape index (κ3) is 4.14. The van der Waals surface area contributed by atoms with Crippen LogP contribution in [0, 0.1) is 16.0 Å². The summed E-state index contributed by atoms with van der Waals surface area (Å²) in [6, 6.07) is 0. The summed E-state index contributed by atoms with van der Waals surface area (Å²) < 4.78 is 5.32. The average molecular weight is 260 g/mol. The summed E-state index contributed by atoms with van der Waals surface area (Å²) in [5.74, 6) is 0.242. The monoisotopic (exact) mass is 259 g/mol. The largest absolute Gasteiger partial charge is 0.472 e. The molecule has 1 atom stereocenters. The fourth-order valence-electron chi connectivity index (χ4n) is 1.37. The van der Waals surface area contributed by atoms with Crippen LogP contribution in [0.15, 0.2) is 6.20 Å². The molecule has 1 unspecified atom stereocenters. The summed E-state index contributed by atoms with van der Waals surface area (Å²) in [6.07, 6.45) is 3.08. The van der Waals surface area contributed by atoms with Gasteiger partial charge < -0.3 is 4.74 Å². The van der Waals surface area contributed by atoms with Crippen LogP contribution in [0.25, 0.3) is 0 Å². The van der Waals surface area contributed by atoms with E-state index in [0.717, 1.165) is 19.0 Å². The minimum absolute atomic E-state index is 0.0613. The van der Waals surface area contributed by atoms with Gasteiger partial charge in [0.15, 0.2) is 0 Å². The third-order valence-corrected chi connectivity index (χ3v) is 2.37. The number of ether oxygens (including phenoxy) is 1. The van der Waals surface area contributed by atoms with Gasteiger partial charge in [0.05, 0.1) is 11.5 Å². The van der Waals surface area contributed by atoms with Gasteiger partial charge in [0.2, 0.25) is 5.28 Å². The minimum Gasteiger partial charge on any atom is -0.472 e. The van der Waals surface area contributed by atoms with E-state index in [1.807, 2.05) is 6.92 Å². The predicted molar refractivity (Wildman–Crippen MR) is 63.3 cm³/mol. The molecule has 0 spiro atoms. The fourth-order valence-corrected chi connectivity index (χ4v) is 1.49. The topological polar surface area (TPSA) is 78.2 Å². The number of halogens is 1. The SMILES string of the molecule is CCCC(C)COc1nc(Cl)ncc1[N+](=O)[O-]. The second kappa shape index (κ2) is 6.34. The van der Waals surface area contributed by atoms with Gasteiger partial charge in [0.1, 0.15) is 6.20 Å². The van der Waals surface area contributed by atoms with Gasteiger partial charge in [-0.15, -0.1) is 0 Å². The number of hydrogen-bond donors (Lipinski definition) is 0.